The van der Waals surface area contributed by atoms with Gasteiger partial charge in [-0.05, 0) is 33.6 Å². The van der Waals surface area contributed by atoms with Crippen molar-refractivity contribution in [1.29, 1.82) is 0 Å². The summed E-state index contributed by atoms with van der Waals surface area (Å²) in [6.07, 6.45) is 6.15. The quantitative estimate of drug-likeness (QED) is 0.740. The molecule has 2 nitrogen and oxygen atoms in total. The lowest BCUT2D eigenvalue weighted by molar-refractivity contribution is 0.0581. The van der Waals surface area contributed by atoms with Gasteiger partial charge >= 0.3 is 0 Å². The molecule has 1 aliphatic rings. The lowest BCUT2D eigenvalue weighted by atomic mass is 9.91. The first-order chi connectivity index (χ1) is 8.01. The van der Waals surface area contributed by atoms with Crippen molar-refractivity contribution in [3.05, 3.63) is 11.6 Å². The van der Waals surface area contributed by atoms with Gasteiger partial charge in [0.15, 0.2) is 0 Å². The average Bonchev–Trinajstić information content (AvgIpc) is 2.30. The van der Waals surface area contributed by atoms with Gasteiger partial charge < -0.3 is 5.32 Å². The van der Waals surface area contributed by atoms with Crippen LogP contribution in [0.5, 0.6) is 0 Å². The summed E-state index contributed by atoms with van der Waals surface area (Å²) >= 11 is 0. The second kappa shape index (κ2) is 6.55. The molecule has 2 atom stereocenters. The summed E-state index contributed by atoms with van der Waals surface area (Å²) in [5.74, 6) is 0. The number of hydrogen-bond acceptors (Lipinski definition) is 2. The Morgan fingerprint density at radius 3 is 2.65 bits per heavy atom. The molecule has 1 saturated heterocycles. The van der Waals surface area contributed by atoms with Crippen LogP contribution in [-0.2, 0) is 0 Å². The third-order valence-corrected chi connectivity index (χ3v) is 4.09. The van der Waals surface area contributed by atoms with Gasteiger partial charge in [-0.15, -0.1) is 0 Å². The monoisotopic (exact) mass is 238 g/mol. The number of nitrogens with one attached hydrogen (secondary N) is 1. The Morgan fingerprint density at radius 2 is 2.12 bits per heavy atom. The highest BCUT2D eigenvalue weighted by molar-refractivity contribution is 5.01. The lowest BCUT2D eigenvalue weighted by Crippen LogP contribution is -2.62. The van der Waals surface area contributed by atoms with E-state index in [2.05, 4.69) is 50.9 Å². The third-order valence-electron chi connectivity index (χ3n) is 4.09. The molecule has 0 amide bonds. The number of rotatable bonds is 5. The van der Waals surface area contributed by atoms with Crippen LogP contribution in [-0.4, -0.2) is 36.1 Å². The molecule has 0 aromatic rings. The van der Waals surface area contributed by atoms with Gasteiger partial charge in [0, 0.05) is 31.2 Å². The van der Waals surface area contributed by atoms with Crippen molar-refractivity contribution in [3.63, 3.8) is 0 Å². The van der Waals surface area contributed by atoms with Crippen LogP contribution in [0.1, 0.15) is 53.9 Å². The van der Waals surface area contributed by atoms with Gasteiger partial charge in [0.2, 0.25) is 0 Å². The minimum Gasteiger partial charge on any atom is -0.311 e. The molecule has 1 fully saturated rings. The van der Waals surface area contributed by atoms with Crippen molar-refractivity contribution in [2.24, 2.45) is 0 Å². The van der Waals surface area contributed by atoms with E-state index in [1.54, 1.807) is 0 Å². The fraction of sp³-hybridized carbons (Fsp3) is 0.867. The van der Waals surface area contributed by atoms with E-state index in [9.17, 15) is 0 Å². The van der Waals surface area contributed by atoms with E-state index in [0.29, 0.717) is 11.6 Å². The minimum atomic E-state index is 0.330. The van der Waals surface area contributed by atoms with Crippen LogP contribution in [0.3, 0.4) is 0 Å². The number of piperazine rings is 1. The summed E-state index contributed by atoms with van der Waals surface area (Å²) in [6, 6.07) is 0.685. The van der Waals surface area contributed by atoms with Crippen molar-refractivity contribution < 1.29 is 0 Å². The summed E-state index contributed by atoms with van der Waals surface area (Å²) < 4.78 is 0. The summed E-state index contributed by atoms with van der Waals surface area (Å²) in [6.45, 7) is 14.8. The zero-order valence-electron chi connectivity index (χ0n) is 12.3. The molecular formula is C15H30N2. The highest BCUT2D eigenvalue weighted by Crippen LogP contribution is 2.24. The molecule has 1 heterocycles. The van der Waals surface area contributed by atoms with Crippen LogP contribution in [0.25, 0.3) is 0 Å². The zero-order chi connectivity index (χ0) is 12.9. The van der Waals surface area contributed by atoms with E-state index < -0.39 is 0 Å². The standard InChI is InChI=1S/C15H30N2/c1-6-8-14-11-17(10-9-13(3)4)15(5,7-2)12-16-14/h9,14,16H,6-8,10-12H2,1-5H3. The summed E-state index contributed by atoms with van der Waals surface area (Å²) in [5, 5.41) is 3.72. The van der Waals surface area contributed by atoms with Crippen LogP contribution in [0.15, 0.2) is 11.6 Å². The molecule has 2 heteroatoms. The van der Waals surface area contributed by atoms with E-state index >= 15 is 0 Å². The van der Waals surface area contributed by atoms with E-state index in [4.69, 9.17) is 0 Å². The Hall–Kier alpha value is -0.340. The van der Waals surface area contributed by atoms with Gasteiger partial charge in [0.25, 0.3) is 0 Å². The molecule has 0 radical (unpaired) electrons. The number of hydrogen-bond donors (Lipinski definition) is 1. The molecule has 0 aliphatic carbocycles. The maximum absolute atomic E-state index is 3.72. The molecule has 100 valence electrons. The number of nitrogens with zero attached hydrogens (tertiary/aromatic N) is 1. The van der Waals surface area contributed by atoms with Gasteiger partial charge in [-0.1, -0.05) is 31.9 Å². The Bertz CT molecular complexity index is 256. The SMILES string of the molecule is CCCC1CN(CC=C(C)C)C(C)(CC)CN1. The molecular weight excluding hydrogens is 208 g/mol. The molecule has 0 bridgehead atoms. The van der Waals surface area contributed by atoms with Crippen LogP contribution >= 0.6 is 0 Å². The minimum absolute atomic E-state index is 0.330. The van der Waals surface area contributed by atoms with E-state index in [1.807, 2.05) is 0 Å². The molecule has 0 aromatic carbocycles. The summed E-state index contributed by atoms with van der Waals surface area (Å²) in [4.78, 5) is 2.66. The fourth-order valence-corrected chi connectivity index (χ4v) is 2.51. The van der Waals surface area contributed by atoms with Gasteiger partial charge in [-0.3, -0.25) is 4.90 Å². The average molecular weight is 238 g/mol. The third kappa shape index (κ3) is 4.11. The summed E-state index contributed by atoms with van der Waals surface area (Å²) in [7, 11) is 0. The highest BCUT2D eigenvalue weighted by Gasteiger charge is 2.35. The van der Waals surface area contributed by atoms with Crippen LogP contribution in [0.4, 0.5) is 0 Å². The number of allylic oxidation sites excluding steroid dienone is 1. The second-order valence-corrected chi connectivity index (χ2v) is 5.90. The fourth-order valence-electron chi connectivity index (χ4n) is 2.51. The van der Waals surface area contributed by atoms with E-state index in [0.717, 1.165) is 13.1 Å². The Kier molecular flexibility index (Phi) is 5.68. The zero-order valence-corrected chi connectivity index (χ0v) is 12.3. The molecule has 0 saturated carbocycles. The maximum Gasteiger partial charge on any atom is 0.0307 e. The second-order valence-electron chi connectivity index (χ2n) is 5.90. The topological polar surface area (TPSA) is 15.3 Å². The van der Waals surface area contributed by atoms with Crippen molar-refractivity contribution in [2.75, 3.05) is 19.6 Å². The van der Waals surface area contributed by atoms with Crippen molar-refractivity contribution in [2.45, 2.75) is 65.5 Å². The smallest absolute Gasteiger partial charge is 0.0307 e. The first-order valence-electron chi connectivity index (χ1n) is 7.13. The van der Waals surface area contributed by atoms with Crippen LogP contribution < -0.4 is 5.32 Å². The van der Waals surface area contributed by atoms with Crippen molar-refractivity contribution in [3.8, 4) is 0 Å². The van der Waals surface area contributed by atoms with Crippen molar-refractivity contribution in [1.82, 2.24) is 10.2 Å². The van der Waals surface area contributed by atoms with Crippen LogP contribution in [0.2, 0.25) is 0 Å². The molecule has 1 N–H and O–H groups in total. The first kappa shape index (κ1) is 14.7. The summed E-state index contributed by atoms with van der Waals surface area (Å²) in [5.41, 5.74) is 1.75. The van der Waals surface area contributed by atoms with Crippen molar-refractivity contribution >= 4 is 0 Å². The Morgan fingerprint density at radius 1 is 1.41 bits per heavy atom. The first-order valence-corrected chi connectivity index (χ1v) is 7.13. The van der Waals surface area contributed by atoms with Gasteiger partial charge in [0.05, 0.1) is 0 Å². The predicted octanol–water partition coefficient (Wildman–Crippen LogP) is 3.20. The maximum atomic E-state index is 3.72. The van der Waals surface area contributed by atoms with Crippen LogP contribution in [0, 0.1) is 0 Å². The highest BCUT2D eigenvalue weighted by atomic mass is 15.3. The molecule has 2 unspecified atom stereocenters. The largest absolute Gasteiger partial charge is 0.311 e. The van der Waals surface area contributed by atoms with Gasteiger partial charge in [-0.2, -0.15) is 0 Å². The molecule has 0 aromatic heterocycles. The molecule has 1 rings (SSSR count). The molecule has 17 heavy (non-hydrogen) atoms. The van der Waals surface area contributed by atoms with E-state index in [1.165, 1.54) is 31.4 Å². The van der Waals surface area contributed by atoms with Gasteiger partial charge in [0.1, 0.15) is 0 Å². The molecule has 1 aliphatic heterocycles. The van der Waals surface area contributed by atoms with Gasteiger partial charge in [-0.25, -0.2) is 0 Å². The molecule has 0 spiro atoms. The Balaban J connectivity index is 2.66. The van der Waals surface area contributed by atoms with E-state index in [-0.39, 0.29) is 0 Å². The lowest BCUT2D eigenvalue weighted by Gasteiger charge is -2.47. The predicted molar refractivity (Wildman–Crippen MR) is 76.4 cm³/mol. The Labute approximate surface area is 107 Å². The normalized spacial score (nSPS) is 30.3.